The maximum atomic E-state index is 11.9. The number of hydrogen-bond donors (Lipinski definition) is 2. The molecule has 2 N–H and O–H groups in total. The first kappa shape index (κ1) is 14.8. The van der Waals surface area contributed by atoms with Crippen LogP contribution in [0.1, 0.15) is 51.9 Å². The Morgan fingerprint density at radius 1 is 1.32 bits per heavy atom. The number of carbonyl (C=O) groups is 1. The lowest BCUT2D eigenvalue weighted by Gasteiger charge is -2.24. The molecule has 19 heavy (non-hydrogen) atoms. The fourth-order valence-electron chi connectivity index (χ4n) is 3.34. The van der Waals surface area contributed by atoms with E-state index in [1.807, 2.05) is 0 Å². The Morgan fingerprint density at radius 3 is 2.95 bits per heavy atom. The van der Waals surface area contributed by atoms with Crippen LogP contribution in [0.25, 0.3) is 0 Å². The highest BCUT2D eigenvalue weighted by atomic mass is 16.1. The van der Waals surface area contributed by atoms with Gasteiger partial charge >= 0.3 is 0 Å². The zero-order chi connectivity index (χ0) is 13.5. The van der Waals surface area contributed by atoms with Crippen LogP contribution in [0.3, 0.4) is 0 Å². The lowest BCUT2D eigenvalue weighted by Crippen LogP contribution is -2.40. The highest BCUT2D eigenvalue weighted by molar-refractivity contribution is 5.75. The minimum absolute atomic E-state index is 0.232. The van der Waals surface area contributed by atoms with Crippen molar-refractivity contribution in [3.8, 4) is 0 Å². The van der Waals surface area contributed by atoms with E-state index in [0.717, 1.165) is 26.1 Å². The SMILES string of the molecule is CCN1CCCC1CNC(=O)CCC1CCCCN1. The summed E-state index contributed by atoms with van der Waals surface area (Å²) in [5.41, 5.74) is 0. The van der Waals surface area contributed by atoms with E-state index in [2.05, 4.69) is 22.5 Å². The summed E-state index contributed by atoms with van der Waals surface area (Å²) in [6.07, 6.45) is 8.02. The van der Waals surface area contributed by atoms with Gasteiger partial charge in [-0.1, -0.05) is 13.3 Å². The van der Waals surface area contributed by atoms with Crippen LogP contribution in [-0.4, -0.2) is 49.1 Å². The van der Waals surface area contributed by atoms with Gasteiger partial charge in [0.25, 0.3) is 0 Å². The number of likely N-dealkylation sites (N-methyl/N-ethyl adjacent to an activating group) is 1. The Kier molecular flexibility index (Phi) is 6.11. The third-order valence-electron chi connectivity index (χ3n) is 4.57. The summed E-state index contributed by atoms with van der Waals surface area (Å²) >= 11 is 0. The van der Waals surface area contributed by atoms with Gasteiger partial charge in [-0.2, -0.15) is 0 Å². The van der Waals surface area contributed by atoms with Gasteiger partial charge < -0.3 is 10.6 Å². The van der Waals surface area contributed by atoms with Crippen LogP contribution in [0, 0.1) is 0 Å². The molecule has 2 heterocycles. The molecule has 1 amide bonds. The Hall–Kier alpha value is -0.610. The number of carbonyl (C=O) groups excluding carboxylic acids is 1. The maximum Gasteiger partial charge on any atom is 0.220 e. The molecular weight excluding hydrogens is 238 g/mol. The molecule has 0 aromatic carbocycles. The van der Waals surface area contributed by atoms with E-state index in [1.165, 1.54) is 38.6 Å². The number of amides is 1. The first-order chi connectivity index (χ1) is 9.29. The summed E-state index contributed by atoms with van der Waals surface area (Å²) < 4.78 is 0. The van der Waals surface area contributed by atoms with Crippen LogP contribution in [0.5, 0.6) is 0 Å². The van der Waals surface area contributed by atoms with Crippen molar-refractivity contribution in [1.82, 2.24) is 15.5 Å². The molecule has 2 aliphatic heterocycles. The van der Waals surface area contributed by atoms with Crippen LogP contribution in [0.2, 0.25) is 0 Å². The average molecular weight is 267 g/mol. The number of nitrogens with one attached hydrogen (secondary N) is 2. The van der Waals surface area contributed by atoms with Crippen LogP contribution < -0.4 is 10.6 Å². The van der Waals surface area contributed by atoms with E-state index in [4.69, 9.17) is 0 Å². The molecule has 2 saturated heterocycles. The second-order valence-electron chi connectivity index (χ2n) is 5.91. The molecular formula is C15H29N3O. The Labute approximate surface area is 117 Å². The van der Waals surface area contributed by atoms with E-state index in [-0.39, 0.29) is 5.91 Å². The van der Waals surface area contributed by atoms with E-state index in [9.17, 15) is 4.79 Å². The smallest absolute Gasteiger partial charge is 0.220 e. The molecule has 0 saturated carbocycles. The molecule has 4 nitrogen and oxygen atoms in total. The monoisotopic (exact) mass is 267 g/mol. The predicted molar refractivity (Wildman–Crippen MR) is 78.2 cm³/mol. The van der Waals surface area contributed by atoms with Gasteiger partial charge in [-0.15, -0.1) is 0 Å². The van der Waals surface area contributed by atoms with Gasteiger partial charge in [0.05, 0.1) is 0 Å². The standard InChI is InChI=1S/C15H29N3O/c1-2-18-11-5-7-14(18)12-17-15(19)9-8-13-6-3-4-10-16-13/h13-14,16H,2-12H2,1H3,(H,17,19). The summed E-state index contributed by atoms with van der Waals surface area (Å²) in [6.45, 7) is 6.47. The molecule has 2 fully saturated rings. The van der Waals surface area contributed by atoms with Crippen molar-refractivity contribution in [2.45, 2.75) is 64.0 Å². The van der Waals surface area contributed by atoms with Crippen molar-refractivity contribution in [2.24, 2.45) is 0 Å². The maximum absolute atomic E-state index is 11.9. The van der Waals surface area contributed by atoms with Crippen molar-refractivity contribution in [3.63, 3.8) is 0 Å². The predicted octanol–water partition coefficient (Wildman–Crippen LogP) is 1.51. The van der Waals surface area contributed by atoms with E-state index < -0.39 is 0 Å². The average Bonchev–Trinajstić information content (AvgIpc) is 2.91. The van der Waals surface area contributed by atoms with Crippen LogP contribution in [0.4, 0.5) is 0 Å². The minimum atomic E-state index is 0.232. The van der Waals surface area contributed by atoms with Crippen molar-refractivity contribution < 1.29 is 4.79 Å². The Morgan fingerprint density at radius 2 is 2.21 bits per heavy atom. The van der Waals surface area contributed by atoms with Gasteiger partial charge in [0.15, 0.2) is 0 Å². The van der Waals surface area contributed by atoms with Gasteiger partial charge in [-0.3, -0.25) is 9.69 Å². The number of rotatable bonds is 6. The van der Waals surface area contributed by atoms with Gasteiger partial charge in [0.2, 0.25) is 5.91 Å². The lowest BCUT2D eigenvalue weighted by atomic mass is 10.0. The van der Waals surface area contributed by atoms with E-state index in [1.54, 1.807) is 0 Å². The largest absolute Gasteiger partial charge is 0.355 e. The molecule has 0 aromatic heterocycles. The van der Waals surface area contributed by atoms with E-state index >= 15 is 0 Å². The van der Waals surface area contributed by atoms with Crippen LogP contribution >= 0.6 is 0 Å². The quantitative estimate of drug-likeness (QED) is 0.767. The highest BCUT2D eigenvalue weighted by Gasteiger charge is 2.23. The molecule has 0 aliphatic carbocycles. The highest BCUT2D eigenvalue weighted by Crippen LogP contribution is 2.16. The molecule has 0 radical (unpaired) electrons. The van der Waals surface area contributed by atoms with Crippen molar-refractivity contribution >= 4 is 5.91 Å². The summed E-state index contributed by atoms with van der Waals surface area (Å²) in [4.78, 5) is 14.4. The molecule has 2 atom stereocenters. The first-order valence-corrected chi connectivity index (χ1v) is 8.03. The van der Waals surface area contributed by atoms with Crippen LogP contribution in [-0.2, 0) is 4.79 Å². The van der Waals surface area contributed by atoms with E-state index in [0.29, 0.717) is 18.5 Å². The molecule has 110 valence electrons. The topological polar surface area (TPSA) is 44.4 Å². The third-order valence-corrected chi connectivity index (χ3v) is 4.57. The molecule has 2 rings (SSSR count). The Balaban J connectivity index is 1.58. The van der Waals surface area contributed by atoms with Gasteiger partial charge in [0.1, 0.15) is 0 Å². The zero-order valence-electron chi connectivity index (χ0n) is 12.3. The van der Waals surface area contributed by atoms with Crippen molar-refractivity contribution in [2.75, 3.05) is 26.2 Å². The number of hydrogen-bond acceptors (Lipinski definition) is 3. The molecule has 0 aromatic rings. The van der Waals surface area contributed by atoms with Gasteiger partial charge in [-0.25, -0.2) is 0 Å². The molecule has 0 bridgehead atoms. The lowest BCUT2D eigenvalue weighted by molar-refractivity contribution is -0.121. The summed E-state index contributed by atoms with van der Waals surface area (Å²) in [7, 11) is 0. The van der Waals surface area contributed by atoms with Gasteiger partial charge in [-0.05, 0) is 51.7 Å². The molecule has 2 aliphatic rings. The molecule has 0 spiro atoms. The number of likely N-dealkylation sites (tertiary alicyclic amines) is 1. The second-order valence-corrected chi connectivity index (χ2v) is 5.91. The zero-order valence-corrected chi connectivity index (χ0v) is 12.3. The fraction of sp³-hybridized carbons (Fsp3) is 0.933. The summed E-state index contributed by atoms with van der Waals surface area (Å²) in [5.74, 6) is 0.232. The van der Waals surface area contributed by atoms with Crippen LogP contribution in [0.15, 0.2) is 0 Å². The minimum Gasteiger partial charge on any atom is -0.355 e. The van der Waals surface area contributed by atoms with Crippen molar-refractivity contribution in [1.29, 1.82) is 0 Å². The molecule has 4 heteroatoms. The van der Waals surface area contributed by atoms with Crippen molar-refractivity contribution in [3.05, 3.63) is 0 Å². The summed E-state index contributed by atoms with van der Waals surface area (Å²) in [6, 6.07) is 1.14. The van der Waals surface area contributed by atoms with Gasteiger partial charge in [0, 0.05) is 25.0 Å². The Bertz CT molecular complexity index is 277. The first-order valence-electron chi connectivity index (χ1n) is 8.03. The molecule has 2 unspecified atom stereocenters. The number of piperidine rings is 1. The normalized spacial score (nSPS) is 28.5. The fourth-order valence-corrected chi connectivity index (χ4v) is 3.34. The number of nitrogens with zero attached hydrogens (tertiary/aromatic N) is 1. The summed E-state index contributed by atoms with van der Waals surface area (Å²) in [5, 5.41) is 6.62. The third kappa shape index (κ3) is 4.77. The second kappa shape index (κ2) is 7.85.